The van der Waals surface area contributed by atoms with Gasteiger partial charge in [-0.05, 0) is 50.2 Å². The van der Waals surface area contributed by atoms with Crippen molar-refractivity contribution in [2.24, 2.45) is 0 Å². The van der Waals surface area contributed by atoms with Crippen molar-refractivity contribution in [1.82, 2.24) is 0 Å². The fourth-order valence-corrected chi connectivity index (χ4v) is 2.30. The molecule has 0 atom stereocenters. The van der Waals surface area contributed by atoms with Gasteiger partial charge in [0.2, 0.25) is 0 Å². The van der Waals surface area contributed by atoms with Gasteiger partial charge in [-0.1, -0.05) is 11.6 Å². The zero-order valence-corrected chi connectivity index (χ0v) is 14.4. The Hall–Kier alpha value is -2.53. The van der Waals surface area contributed by atoms with E-state index in [1.165, 1.54) is 13.2 Å². The Kier molecular flexibility index (Phi) is 5.82. The van der Waals surface area contributed by atoms with Crippen molar-refractivity contribution in [3.8, 4) is 11.5 Å². The summed E-state index contributed by atoms with van der Waals surface area (Å²) in [5.74, 6) is 0.448. The summed E-state index contributed by atoms with van der Waals surface area (Å²) in [6.07, 6.45) is 0.663. The number of halogens is 1. The second kappa shape index (κ2) is 7.84. The van der Waals surface area contributed by atoms with E-state index >= 15 is 0 Å². The van der Waals surface area contributed by atoms with Gasteiger partial charge < -0.3 is 14.8 Å². The van der Waals surface area contributed by atoms with E-state index < -0.39 is 0 Å². The Labute approximate surface area is 145 Å². The fourth-order valence-electron chi connectivity index (χ4n) is 2.05. The first-order chi connectivity index (χ1) is 11.4. The molecule has 1 amide bonds. The number of hydrogen-bond donors (Lipinski definition) is 1. The molecule has 0 radical (unpaired) electrons. The zero-order chi connectivity index (χ0) is 17.7. The molecule has 0 fully saturated rings. The highest BCUT2D eigenvalue weighted by Gasteiger charge is 2.17. The number of ether oxygens (including phenoxy) is 2. The van der Waals surface area contributed by atoms with Crippen molar-refractivity contribution in [2.75, 3.05) is 12.4 Å². The first-order valence-electron chi connectivity index (χ1n) is 7.35. The summed E-state index contributed by atoms with van der Waals surface area (Å²) >= 11 is 6.22. The van der Waals surface area contributed by atoms with Crippen LogP contribution in [0.3, 0.4) is 0 Å². The van der Waals surface area contributed by atoms with Crippen LogP contribution in [0.2, 0.25) is 5.02 Å². The third-order valence-corrected chi connectivity index (χ3v) is 3.43. The molecule has 126 valence electrons. The van der Waals surface area contributed by atoms with Crippen LogP contribution in [0.4, 0.5) is 5.69 Å². The average Bonchev–Trinajstić information content (AvgIpc) is 2.56. The van der Waals surface area contributed by atoms with Crippen LogP contribution in [-0.4, -0.2) is 25.4 Å². The minimum Gasteiger partial charge on any atom is -0.493 e. The molecular weight excluding hydrogens is 330 g/mol. The van der Waals surface area contributed by atoms with Crippen molar-refractivity contribution in [2.45, 2.75) is 20.0 Å². The molecule has 1 N–H and O–H groups in total. The predicted molar refractivity (Wildman–Crippen MR) is 93.6 cm³/mol. The molecule has 2 aromatic rings. The van der Waals surface area contributed by atoms with E-state index in [2.05, 4.69) is 5.32 Å². The Morgan fingerprint density at radius 1 is 1.21 bits per heavy atom. The largest absolute Gasteiger partial charge is 0.493 e. The summed E-state index contributed by atoms with van der Waals surface area (Å²) in [5.41, 5.74) is 1.45. The van der Waals surface area contributed by atoms with E-state index in [-0.39, 0.29) is 12.0 Å². The Morgan fingerprint density at radius 3 is 2.42 bits per heavy atom. The first-order valence-corrected chi connectivity index (χ1v) is 7.73. The second-order valence-corrected chi connectivity index (χ2v) is 5.76. The maximum Gasteiger partial charge on any atom is 0.255 e. The Bertz CT molecular complexity index is 741. The number of aldehydes is 1. The topological polar surface area (TPSA) is 64.6 Å². The number of amides is 1. The van der Waals surface area contributed by atoms with Crippen LogP contribution in [0.15, 0.2) is 36.4 Å². The highest BCUT2D eigenvalue weighted by atomic mass is 35.5. The summed E-state index contributed by atoms with van der Waals surface area (Å²) in [6.45, 7) is 3.75. The molecule has 24 heavy (non-hydrogen) atoms. The maximum atomic E-state index is 12.4. The lowest BCUT2D eigenvalue weighted by atomic mass is 10.1. The molecular formula is C18H18ClNO4. The Morgan fingerprint density at radius 2 is 1.88 bits per heavy atom. The second-order valence-electron chi connectivity index (χ2n) is 5.35. The van der Waals surface area contributed by atoms with Crippen LogP contribution < -0.4 is 14.8 Å². The number of nitrogens with one attached hydrogen (secondary N) is 1. The summed E-state index contributed by atoms with van der Waals surface area (Å²) < 4.78 is 10.9. The molecule has 0 saturated heterocycles. The van der Waals surface area contributed by atoms with Gasteiger partial charge >= 0.3 is 0 Å². The van der Waals surface area contributed by atoms with Gasteiger partial charge in [-0.3, -0.25) is 9.59 Å². The molecule has 0 spiro atoms. The summed E-state index contributed by atoms with van der Waals surface area (Å²) in [6, 6.07) is 9.63. The van der Waals surface area contributed by atoms with Crippen LogP contribution in [0.5, 0.6) is 11.5 Å². The minimum absolute atomic E-state index is 0.0765. The van der Waals surface area contributed by atoms with Gasteiger partial charge in [0, 0.05) is 16.8 Å². The molecule has 0 heterocycles. The summed E-state index contributed by atoms with van der Waals surface area (Å²) in [4.78, 5) is 23.0. The standard InChI is InChI=1S/C18H18ClNO4/c1-11(2)24-17-15(19)8-13(9-16(17)23-3)18(22)20-14-6-4-12(10-21)5-7-14/h4-11H,1-3H3,(H,20,22). The van der Waals surface area contributed by atoms with E-state index in [9.17, 15) is 9.59 Å². The lowest BCUT2D eigenvalue weighted by Crippen LogP contribution is -2.13. The number of benzene rings is 2. The van der Waals surface area contributed by atoms with Crippen molar-refractivity contribution >= 4 is 29.5 Å². The number of rotatable bonds is 6. The SMILES string of the molecule is COc1cc(C(=O)Nc2ccc(C=O)cc2)cc(Cl)c1OC(C)C. The van der Waals surface area contributed by atoms with Gasteiger partial charge in [-0.25, -0.2) is 0 Å². The van der Waals surface area contributed by atoms with E-state index in [1.54, 1.807) is 30.3 Å². The number of anilines is 1. The molecule has 2 rings (SSSR count). The number of hydrogen-bond acceptors (Lipinski definition) is 4. The van der Waals surface area contributed by atoms with Gasteiger partial charge in [0.05, 0.1) is 18.2 Å². The van der Waals surface area contributed by atoms with Gasteiger partial charge in [0.15, 0.2) is 11.5 Å². The number of carbonyl (C=O) groups excluding carboxylic acids is 2. The van der Waals surface area contributed by atoms with Crippen molar-refractivity contribution in [3.05, 3.63) is 52.5 Å². The van der Waals surface area contributed by atoms with Crippen LogP contribution in [0, 0.1) is 0 Å². The number of methoxy groups -OCH3 is 1. The van der Waals surface area contributed by atoms with Gasteiger partial charge in [0.1, 0.15) is 6.29 Å². The third-order valence-electron chi connectivity index (χ3n) is 3.15. The average molecular weight is 348 g/mol. The fraction of sp³-hybridized carbons (Fsp3) is 0.222. The lowest BCUT2D eigenvalue weighted by Gasteiger charge is -2.16. The van der Waals surface area contributed by atoms with E-state index in [0.717, 1.165) is 6.29 Å². The molecule has 0 unspecified atom stereocenters. The first kappa shape index (κ1) is 17.8. The smallest absolute Gasteiger partial charge is 0.255 e. The van der Waals surface area contributed by atoms with Crippen molar-refractivity contribution in [3.63, 3.8) is 0 Å². The predicted octanol–water partition coefficient (Wildman–Crippen LogP) is 4.20. The van der Waals surface area contributed by atoms with Crippen LogP contribution in [-0.2, 0) is 0 Å². The van der Waals surface area contributed by atoms with Gasteiger partial charge in [-0.2, -0.15) is 0 Å². The normalized spacial score (nSPS) is 10.4. The molecule has 6 heteroatoms. The monoisotopic (exact) mass is 347 g/mol. The Balaban J connectivity index is 2.25. The molecule has 0 aliphatic carbocycles. The van der Waals surface area contributed by atoms with Crippen molar-refractivity contribution in [1.29, 1.82) is 0 Å². The number of carbonyl (C=O) groups is 2. The lowest BCUT2D eigenvalue weighted by molar-refractivity contribution is 0.102. The van der Waals surface area contributed by atoms with Crippen LogP contribution in [0.25, 0.3) is 0 Å². The van der Waals surface area contributed by atoms with E-state index in [4.69, 9.17) is 21.1 Å². The summed E-state index contributed by atoms with van der Waals surface area (Å²) in [7, 11) is 1.48. The highest BCUT2D eigenvalue weighted by Crippen LogP contribution is 2.37. The molecule has 0 saturated carbocycles. The van der Waals surface area contributed by atoms with Gasteiger partial charge in [-0.15, -0.1) is 0 Å². The summed E-state index contributed by atoms with van der Waals surface area (Å²) in [5, 5.41) is 3.03. The van der Waals surface area contributed by atoms with E-state index in [1.807, 2.05) is 13.8 Å². The molecule has 0 aliphatic heterocycles. The maximum absolute atomic E-state index is 12.4. The third kappa shape index (κ3) is 4.26. The minimum atomic E-state index is -0.342. The van der Waals surface area contributed by atoms with Crippen LogP contribution in [0.1, 0.15) is 34.6 Å². The zero-order valence-electron chi connectivity index (χ0n) is 13.6. The molecule has 5 nitrogen and oxygen atoms in total. The van der Waals surface area contributed by atoms with Gasteiger partial charge in [0.25, 0.3) is 5.91 Å². The van der Waals surface area contributed by atoms with Crippen molar-refractivity contribution < 1.29 is 19.1 Å². The quantitative estimate of drug-likeness (QED) is 0.795. The molecule has 2 aromatic carbocycles. The molecule has 0 aliphatic rings. The van der Waals surface area contributed by atoms with Crippen LogP contribution >= 0.6 is 11.6 Å². The highest BCUT2D eigenvalue weighted by molar-refractivity contribution is 6.32. The molecule has 0 aromatic heterocycles. The van der Waals surface area contributed by atoms with E-state index in [0.29, 0.717) is 33.3 Å². The molecule has 0 bridgehead atoms.